The Bertz CT molecular complexity index is 826. The highest BCUT2D eigenvalue weighted by Crippen LogP contribution is 2.20. The first-order valence-corrected chi connectivity index (χ1v) is 9.81. The Morgan fingerprint density at radius 3 is 2.70 bits per heavy atom. The molecule has 0 spiro atoms. The monoisotopic (exact) mass is 394 g/mol. The highest BCUT2D eigenvalue weighted by molar-refractivity contribution is 7.89. The van der Waals surface area contributed by atoms with Crippen LogP contribution in [0.15, 0.2) is 53.5 Å². The summed E-state index contributed by atoms with van der Waals surface area (Å²) in [7, 11) is -3.66. The van der Waals surface area contributed by atoms with E-state index in [4.69, 9.17) is 9.47 Å². The molecule has 1 aliphatic rings. The molecular weight excluding hydrogens is 372 g/mol. The van der Waals surface area contributed by atoms with Crippen LogP contribution in [-0.2, 0) is 29.1 Å². The van der Waals surface area contributed by atoms with Crippen molar-refractivity contribution >= 4 is 27.6 Å². The van der Waals surface area contributed by atoms with Gasteiger partial charge in [-0.15, -0.1) is 0 Å². The zero-order valence-electron chi connectivity index (χ0n) is 15.0. The van der Waals surface area contributed by atoms with Gasteiger partial charge in [0.15, 0.2) is 6.61 Å². The van der Waals surface area contributed by atoms with E-state index in [1.54, 1.807) is 25.1 Å². The number of esters is 1. The van der Waals surface area contributed by atoms with Gasteiger partial charge in [-0.3, -0.25) is 4.79 Å². The van der Waals surface area contributed by atoms with Gasteiger partial charge in [0, 0.05) is 24.9 Å². The van der Waals surface area contributed by atoms with Crippen molar-refractivity contribution in [2.75, 3.05) is 38.2 Å². The number of nitrogens with zero attached hydrogens (tertiary/aromatic N) is 1. The predicted octanol–water partition coefficient (Wildman–Crippen LogP) is 1.32. The lowest BCUT2D eigenvalue weighted by molar-refractivity contribution is -0.142. The second kappa shape index (κ2) is 10.0. The molecule has 0 saturated carbocycles. The van der Waals surface area contributed by atoms with E-state index in [1.165, 1.54) is 34.7 Å². The number of morpholine rings is 1. The van der Waals surface area contributed by atoms with Crippen LogP contribution in [0.4, 0.5) is 5.69 Å². The van der Waals surface area contributed by atoms with Crippen LogP contribution in [0, 0.1) is 0 Å². The topological polar surface area (TPSA) is 102 Å². The van der Waals surface area contributed by atoms with Crippen molar-refractivity contribution in [2.24, 2.45) is 0 Å². The molecular formula is C18H22N2O6S. The van der Waals surface area contributed by atoms with Gasteiger partial charge in [0.1, 0.15) is 0 Å². The molecule has 1 amide bonds. The van der Waals surface area contributed by atoms with E-state index in [-0.39, 0.29) is 18.0 Å². The molecule has 146 valence electrons. The molecule has 0 radical (unpaired) electrons. The number of allylic oxidation sites excluding steroid dienone is 3. The molecule has 27 heavy (non-hydrogen) atoms. The number of carbonyl (C=O) groups excluding carboxylic acids is 2. The van der Waals surface area contributed by atoms with E-state index in [2.05, 4.69) is 5.32 Å². The molecule has 0 unspecified atom stereocenters. The van der Waals surface area contributed by atoms with Crippen molar-refractivity contribution < 1.29 is 27.5 Å². The number of rotatable bonds is 7. The lowest BCUT2D eigenvalue weighted by atomic mass is 10.3. The van der Waals surface area contributed by atoms with E-state index in [1.807, 2.05) is 0 Å². The Hall–Kier alpha value is -2.49. The lowest BCUT2D eigenvalue weighted by Gasteiger charge is -2.26. The van der Waals surface area contributed by atoms with Gasteiger partial charge in [-0.2, -0.15) is 4.31 Å². The maximum atomic E-state index is 12.6. The number of ether oxygens (including phenoxy) is 2. The standard InChI is InChI=1S/C18H22N2O6S/c1-2-3-4-8-18(22)26-14-17(21)19-15-6-5-7-16(13-15)27(23,24)20-9-11-25-12-10-20/h2-8,13H,9-12,14H2,1H3,(H,19,21)/b3-2+,8-4+. The molecule has 2 rings (SSSR count). The molecule has 0 bridgehead atoms. The SMILES string of the molecule is C/C=C/C=C/C(=O)OCC(=O)Nc1cccc(S(=O)(=O)N2CCOCC2)c1. The number of carbonyl (C=O) groups is 2. The molecule has 1 fully saturated rings. The quantitative estimate of drug-likeness (QED) is 0.425. The number of sulfonamides is 1. The number of benzene rings is 1. The summed E-state index contributed by atoms with van der Waals surface area (Å²) in [6, 6.07) is 5.93. The molecule has 1 saturated heterocycles. The molecule has 9 heteroatoms. The maximum absolute atomic E-state index is 12.6. The Labute approximate surface area is 158 Å². The van der Waals surface area contributed by atoms with Gasteiger partial charge in [0.2, 0.25) is 10.0 Å². The van der Waals surface area contributed by atoms with Gasteiger partial charge in [-0.1, -0.05) is 24.3 Å². The molecule has 0 atom stereocenters. The van der Waals surface area contributed by atoms with Crippen LogP contribution in [0.25, 0.3) is 0 Å². The van der Waals surface area contributed by atoms with Crippen LogP contribution >= 0.6 is 0 Å². The third kappa shape index (κ3) is 6.31. The van der Waals surface area contributed by atoms with Gasteiger partial charge >= 0.3 is 5.97 Å². The van der Waals surface area contributed by atoms with Crippen LogP contribution in [0.3, 0.4) is 0 Å². The summed E-state index contributed by atoms with van der Waals surface area (Å²) in [5, 5.41) is 2.52. The van der Waals surface area contributed by atoms with Crippen molar-refractivity contribution in [3.63, 3.8) is 0 Å². The Morgan fingerprint density at radius 2 is 2.00 bits per heavy atom. The van der Waals surface area contributed by atoms with Crippen molar-refractivity contribution in [3.05, 3.63) is 48.6 Å². The lowest BCUT2D eigenvalue weighted by Crippen LogP contribution is -2.40. The first kappa shape index (κ1) is 20.8. The zero-order chi connectivity index (χ0) is 19.7. The minimum Gasteiger partial charge on any atom is -0.452 e. The fourth-order valence-corrected chi connectivity index (χ4v) is 3.75. The van der Waals surface area contributed by atoms with Gasteiger partial charge < -0.3 is 14.8 Å². The maximum Gasteiger partial charge on any atom is 0.331 e. The van der Waals surface area contributed by atoms with Gasteiger partial charge in [0.25, 0.3) is 5.91 Å². The molecule has 1 N–H and O–H groups in total. The Kier molecular flexibility index (Phi) is 7.71. The Morgan fingerprint density at radius 1 is 1.26 bits per heavy atom. The average molecular weight is 394 g/mol. The fraction of sp³-hybridized carbons (Fsp3) is 0.333. The molecule has 1 aliphatic heterocycles. The van der Waals surface area contributed by atoms with Gasteiger partial charge in [-0.25, -0.2) is 13.2 Å². The summed E-state index contributed by atoms with van der Waals surface area (Å²) in [6.07, 6.45) is 6.10. The molecule has 8 nitrogen and oxygen atoms in total. The second-order valence-electron chi connectivity index (χ2n) is 5.59. The largest absolute Gasteiger partial charge is 0.452 e. The zero-order valence-corrected chi connectivity index (χ0v) is 15.8. The minimum atomic E-state index is -3.66. The summed E-state index contributed by atoms with van der Waals surface area (Å²) >= 11 is 0. The van der Waals surface area contributed by atoms with Crippen molar-refractivity contribution in [3.8, 4) is 0 Å². The highest BCUT2D eigenvalue weighted by Gasteiger charge is 2.26. The summed E-state index contributed by atoms with van der Waals surface area (Å²) in [5.74, 6) is -1.21. The van der Waals surface area contributed by atoms with E-state index in [9.17, 15) is 18.0 Å². The van der Waals surface area contributed by atoms with Crippen molar-refractivity contribution in [1.29, 1.82) is 0 Å². The number of anilines is 1. The van der Waals surface area contributed by atoms with Crippen LogP contribution in [0.2, 0.25) is 0 Å². The Balaban J connectivity index is 1.96. The predicted molar refractivity (Wildman–Crippen MR) is 99.6 cm³/mol. The van der Waals surface area contributed by atoms with E-state index in [0.717, 1.165) is 0 Å². The third-order valence-corrected chi connectivity index (χ3v) is 5.50. The van der Waals surface area contributed by atoms with E-state index in [0.29, 0.717) is 18.9 Å². The number of nitrogens with one attached hydrogen (secondary N) is 1. The second-order valence-corrected chi connectivity index (χ2v) is 7.52. The molecule has 1 aromatic carbocycles. The normalized spacial score (nSPS) is 15.9. The van der Waals surface area contributed by atoms with Gasteiger partial charge in [-0.05, 0) is 25.1 Å². The summed E-state index contributed by atoms with van der Waals surface area (Å²) < 4.78 is 36.6. The molecule has 0 aliphatic carbocycles. The summed E-state index contributed by atoms with van der Waals surface area (Å²) in [5.41, 5.74) is 0.301. The first-order chi connectivity index (χ1) is 12.9. The fourth-order valence-electron chi connectivity index (χ4n) is 2.30. The molecule has 1 aromatic rings. The number of hydrogen-bond acceptors (Lipinski definition) is 6. The summed E-state index contributed by atoms with van der Waals surface area (Å²) in [6.45, 7) is 2.61. The van der Waals surface area contributed by atoms with Crippen molar-refractivity contribution in [2.45, 2.75) is 11.8 Å². The van der Waals surface area contributed by atoms with Crippen LogP contribution in [0.1, 0.15) is 6.92 Å². The van der Waals surface area contributed by atoms with Crippen LogP contribution in [-0.4, -0.2) is 57.5 Å². The van der Waals surface area contributed by atoms with E-state index < -0.39 is 28.5 Å². The minimum absolute atomic E-state index is 0.0773. The third-order valence-electron chi connectivity index (χ3n) is 3.61. The molecule has 1 heterocycles. The van der Waals surface area contributed by atoms with Crippen LogP contribution in [0.5, 0.6) is 0 Å². The summed E-state index contributed by atoms with van der Waals surface area (Å²) in [4.78, 5) is 23.4. The molecule has 0 aromatic heterocycles. The first-order valence-electron chi connectivity index (χ1n) is 8.37. The van der Waals surface area contributed by atoms with Crippen molar-refractivity contribution in [1.82, 2.24) is 4.31 Å². The van der Waals surface area contributed by atoms with E-state index >= 15 is 0 Å². The van der Waals surface area contributed by atoms with Crippen LogP contribution < -0.4 is 5.32 Å². The van der Waals surface area contributed by atoms with Gasteiger partial charge in [0.05, 0.1) is 18.1 Å². The highest BCUT2D eigenvalue weighted by atomic mass is 32.2. The average Bonchev–Trinajstić information content (AvgIpc) is 2.67. The number of hydrogen-bond donors (Lipinski definition) is 1. The number of amides is 1. The smallest absolute Gasteiger partial charge is 0.331 e.